The van der Waals surface area contributed by atoms with Gasteiger partial charge >= 0.3 is 0 Å². The van der Waals surface area contributed by atoms with Crippen molar-refractivity contribution in [3.63, 3.8) is 0 Å². The summed E-state index contributed by atoms with van der Waals surface area (Å²) in [6.45, 7) is 2.01. The van der Waals surface area contributed by atoms with E-state index >= 15 is 0 Å². The third-order valence-corrected chi connectivity index (χ3v) is 4.04. The molecule has 2 N–H and O–H groups in total. The summed E-state index contributed by atoms with van der Waals surface area (Å²) in [4.78, 5) is 23.9. The van der Waals surface area contributed by atoms with Crippen LogP contribution >= 0.6 is 0 Å². The molecule has 3 rings (SSSR count). The molecule has 5 nitrogen and oxygen atoms in total. The topological polar surface area (TPSA) is 71.3 Å². The van der Waals surface area contributed by atoms with Crippen molar-refractivity contribution in [1.29, 1.82) is 0 Å². The summed E-state index contributed by atoms with van der Waals surface area (Å²) in [7, 11) is 0. The van der Waals surface area contributed by atoms with E-state index in [0.29, 0.717) is 18.5 Å². The highest BCUT2D eigenvalue weighted by Crippen LogP contribution is 2.30. The molecular weight excluding hydrogens is 304 g/mol. The molecule has 0 aliphatic heterocycles. The second-order valence-corrected chi connectivity index (χ2v) is 6.09. The standard InChI is InChI=1S/C19H20N2O3/c1-13-4-6-14(7-5-13)9-19(23)21-20-16-10-15(11-17(22)12-16)18-3-2-8-24-18/h2-8,12,15,20H,9-11H2,1H3,(H,21,23)/t15-/m0/s1. The number of hydrazine groups is 1. The lowest BCUT2D eigenvalue weighted by molar-refractivity contribution is -0.121. The smallest absolute Gasteiger partial charge is 0.242 e. The van der Waals surface area contributed by atoms with E-state index in [1.807, 2.05) is 43.3 Å². The van der Waals surface area contributed by atoms with Crippen molar-refractivity contribution >= 4 is 11.7 Å². The lowest BCUT2D eigenvalue weighted by Gasteiger charge is -2.21. The SMILES string of the molecule is Cc1ccc(CC(=O)NNC2=CC(=O)C[C@@H](c3ccco3)C2)cc1. The summed E-state index contributed by atoms with van der Waals surface area (Å²) < 4.78 is 5.39. The van der Waals surface area contributed by atoms with Gasteiger partial charge in [0.05, 0.1) is 12.7 Å². The van der Waals surface area contributed by atoms with Gasteiger partial charge in [0.25, 0.3) is 0 Å². The van der Waals surface area contributed by atoms with Gasteiger partial charge in [-0.2, -0.15) is 0 Å². The minimum absolute atomic E-state index is 0.00833. The Morgan fingerprint density at radius 3 is 2.71 bits per heavy atom. The molecular formula is C19H20N2O3. The number of nitrogens with one attached hydrogen (secondary N) is 2. The van der Waals surface area contributed by atoms with Crippen LogP contribution in [0, 0.1) is 6.92 Å². The first-order valence-electron chi connectivity index (χ1n) is 7.97. The fraction of sp³-hybridized carbons (Fsp3) is 0.263. The molecule has 1 amide bonds. The number of rotatable bonds is 5. The average molecular weight is 324 g/mol. The number of allylic oxidation sites excluding steroid dienone is 2. The maximum atomic E-state index is 12.0. The van der Waals surface area contributed by atoms with Crippen molar-refractivity contribution < 1.29 is 14.0 Å². The Bertz CT molecular complexity index is 745. The predicted molar refractivity (Wildman–Crippen MR) is 89.9 cm³/mol. The Balaban J connectivity index is 1.54. The molecule has 0 spiro atoms. The van der Waals surface area contributed by atoms with E-state index in [1.165, 1.54) is 0 Å². The van der Waals surface area contributed by atoms with Gasteiger partial charge < -0.3 is 9.84 Å². The van der Waals surface area contributed by atoms with Gasteiger partial charge in [-0.3, -0.25) is 15.0 Å². The van der Waals surface area contributed by atoms with Gasteiger partial charge in [0.1, 0.15) is 5.76 Å². The van der Waals surface area contributed by atoms with E-state index in [0.717, 1.165) is 16.9 Å². The van der Waals surface area contributed by atoms with Crippen molar-refractivity contribution in [2.24, 2.45) is 0 Å². The molecule has 1 aromatic carbocycles. The molecule has 0 unspecified atom stereocenters. The van der Waals surface area contributed by atoms with Gasteiger partial charge in [0, 0.05) is 24.1 Å². The van der Waals surface area contributed by atoms with E-state index in [-0.39, 0.29) is 24.0 Å². The highest BCUT2D eigenvalue weighted by atomic mass is 16.3. The molecule has 0 saturated heterocycles. The first kappa shape index (κ1) is 16.1. The number of aryl methyl sites for hydroxylation is 1. The van der Waals surface area contributed by atoms with Gasteiger partial charge in [-0.25, -0.2) is 0 Å². The van der Waals surface area contributed by atoms with Crippen LogP contribution in [0.3, 0.4) is 0 Å². The number of furan rings is 1. The van der Waals surface area contributed by atoms with Gasteiger partial charge in [0.15, 0.2) is 5.78 Å². The second kappa shape index (κ2) is 7.17. The third-order valence-electron chi connectivity index (χ3n) is 4.04. The van der Waals surface area contributed by atoms with Crippen LogP contribution < -0.4 is 10.9 Å². The summed E-state index contributed by atoms with van der Waals surface area (Å²) in [5, 5.41) is 0. The summed E-state index contributed by atoms with van der Waals surface area (Å²) in [6, 6.07) is 11.5. The molecule has 0 fully saturated rings. The molecule has 5 heteroatoms. The zero-order valence-corrected chi connectivity index (χ0v) is 13.5. The zero-order chi connectivity index (χ0) is 16.9. The fourth-order valence-corrected chi connectivity index (χ4v) is 2.79. The molecule has 124 valence electrons. The van der Waals surface area contributed by atoms with Gasteiger partial charge in [-0.1, -0.05) is 29.8 Å². The van der Waals surface area contributed by atoms with Gasteiger partial charge in [-0.05, 0) is 31.0 Å². The quantitative estimate of drug-likeness (QED) is 0.830. The monoisotopic (exact) mass is 324 g/mol. The molecule has 24 heavy (non-hydrogen) atoms. The Morgan fingerprint density at radius 1 is 1.21 bits per heavy atom. The lowest BCUT2D eigenvalue weighted by Crippen LogP contribution is -2.39. The van der Waals surface area contributed by atoms with Crippen molar-refractivity contribution in [3.05, 3.63) is 71.3 Å². The highest BCUT2D eigenvalue weighted by molar-refractivity contribution is 5.92. The lowest BCUT2D eigenvalue weighted by atomic mass is 9.89. The van der Waals surface area contributed by atoms with Crippen LogP contribution in [0.15, 0.2) is 58.9 Å². The van der Waals surface area contributed by atoms with Crippen LogP contribution in [0.25, 0.3) is 0 Å². The molecule has 1 aliphatic carbocycles. The first-order chi connectivity index (χ1) is 11.6. The molecule has 1 atom stereocenters. The van der Waals surface area contributed by atoms with Crippen LogP contribution in [0.2, 0.25) is 0 Å². The van der Waals surface area contributed by atoms with E-state index in [4.69, 9.17) is 4.42 Å². The number of carbonyl (C=O) groups excluding carboxylic acids is 2. The second-order valence-electron chi connectivity index (χ2n) is 6.09. The van der Waals surface area contributed by atoms with Crippen LogP contribution in [0.5, 0.6) is 0 Å². The zero-order valence-electron chi connectivity index (χ0n) is 13.5. The molecule has 0 bridgehead atoms. The van der Waals surface area contributed by atoms with Crippen LogP contribution in [0.4, 0.5) is 0 Å². The normalized spacial score (nSPS) is 17.3. The Labute approximate surface area is 140 Å². The van der Waals surface area contributed by atoms with Crippen molar-refractivity contribution in [2.75, 3.05) is 0 Å². The van der Waals surface area contributed by atoms with Crippen molar-refractivity contribution in [2.45, 2.75) is 32.1 Å². The summed E-state index contributed by atoms with van der Waals surface area (Å²) in [5.41, 5.74) is 8.34. The molecule has 1 aliphatic rings. The maximum absolute atomic E-state index is 12.0. The Kier molecular flexibility index (Phi) is 4.79. The minimum atomic E-state index is -0.146. The Morgan fingerprint density at radius 2 is 2.00 bits per heavy atom. The van der Waals surface area contributed by atoms with E-state index in [9.17, 15) is 9.59 Å². The van der Waals surface area contributed by atoms with Gasteiger partial charge in [0.2, 0.25) is 5.91 Å². The molecule has 1 heterocycles. The van der Waals surface area contributed by atoms with Crippen LogP contribution in [-0.2, 0) is 16.0 Å². The molecule has 2 aromatic rings. The third kappa shape index (κ3) is 4.13. The summed E-state index contributed by atoms with van der Waals surface area (Å²) in [5.74, 6) is 0.681. The average Bonchev–Trinajstić information content (AvgIpc) is 3.09. The number of hydrogen-bond donors (Lipinski definition) is 2. The number of hydrogen-bond acceptors (Lipinski definition) is 4. The van der Waals surface area contributed by atoms with E-state index in [2.05, 4.69) is 10.9 Å². The van der Waals surface area contributed by atoms with E-state index < -0.39 is 0 Å². The number of benzene rings is 1. The number of ketones is 1. The number of carbonyl (C=O) groups is 2. The molecule has 0 radical (unpaired) electrons. The first-order valence-corrected chi connectivity index (χ1v) is 7.97. The largest absolute Gasteiger partial charge is 0.469 e. The fourth-order valence-electron chi connectivity index (χ4n) is 2.79. The predicted octanol–water partition coefficient (Wildman–Crippen LogP) is 2.78. The van der Waals surface area contributed by atoms with Crippen molar-refractivity contribution in [3.8, 4) is 0 Å². The van der Waals surface area contributed by atoms with Gasteiger partial charge in [-0.15, -0.1) is 0 Å². The molecule has 0 saturated carbocycles. The van der Waals surface area contributed by atoms with Crippen molar-refractivity contribution in [1.82, 2.24) is 10.9 Å². The minimum Gasteiger partial charge on any atom is -0.469 e. The maximum Gasteiger partial charge on any atom is 0.242 e. The van der Waals surface area contributed by atoms with Crippen LogP contribution in [0.1, 0.15) is 35.6 Å². The van der Waals surface area contributed by atoms with E-state index in [1.54, 1.807) is 12.3 Å². The molecule has 1 aromatic heterocycles. The summed E-state index contributed by atoms with van der Waals surface area (Å²) in [6.07, 6.45) is 4.50. The van der Waals surface area contributed by atoms with Crippen LogP contribution in [-0.4, -0.2) is 11.7 Å². The number of amides is 1. The summed E-state index contributed by atoms with van der Waals surface area (Å²) >= 11 is 0. The highest BCUT2D eigenvalue weighted by Gasteiger charge is 2.24. The Hall–Kier alpha value is -2.82.